The van der Waals surface area contributed by atoms with Gasteiger partial charge in [-0.3, -0.25) is 4.79 Å². The zero-order valence-electron chi connectivity index (χ0n) is 6.79. The molecule has 1 aliphatic rings. The molecule has 1 aliphatic heterocycles. The van der Waals surface area contributed by atoms with Crippen LogP contribution in [0.1, 0.15) is 5.56 Å². The highest BCUT2D eigenvalue weighted by atomic mass is 79.9. The lowest BCUT2D eigenvalue weighted by Gasteiger charge is -2.00. The van der Waals surface area contributed by atoms with E-state index in [-0.39, 0.29) is 5.78 Å². The molecule has 0 bridgehead atoms. The molecule has 2 rings (SSSR count). The van der Waals surface area contributed by atoms with E-state index in [1.165, 1.54) is 0 Å². The van der Waals surface area contributed by atoms with Crippen LogP contribution in [0.2, 0.25) is 0 Å². The van der Waals surface area contributed by atoms with E-state index < -0.39 is 0 Å². The molecule has 0 fully saturated rings. The van der Waals surface area contributed by atoms with Crippen LogP contribution < -0.4 is 0 Å². The van der Waals surface area contributed by atoms with Crippen LogP contribution in [0.15, 0.2) is 34.8 Å². The van der Waals surface area contributed by atoms with Crippen LogP contribution in [-0.2, 0) is 4.79 Å². The number of allylic oxidation sites excluding steroid dienone is 1. The number of carbonyl (C=O) groups excluding carboxylic acids is 1. The maximum absolute atomic E-state index is 11.0. The normalized spacial score (nSPS) is 16.1. The number of ketones is 1. The molecule has 0 saturated carbocycles. The first-order valence-electron chi connectivity index (χ1n) is 3.89. The second-order valence-electron chi connectivity index (χ2n) is 2.77. The summed E-state index contributed by atoms with van der Waals surface area (Å²) in [5.41, 5.74) is 1.12. The van der Waals surface area contributed by atoms with Gasteiger partial charge < -0.3 is 0 Å². The zero-order chi connectivity index (χ0) is 9.26. The van der Waals surface area contributed by atoms with Gasteiger partial charge in [-0.1, -0.05) is 28.1 Å². The third-order valence-electron chi connectivity index (χ3n) is 1.77. The molecule has 0 amide bonds. The minimum absolute atomic E-state index is 0.208. The van der Waals surface area contributed by atoms with E-state index in [4.69, 9.17) is 0 Å². The summed E-state index contributed by atoms with van der Waals surface area (Å²) in [5.74, 6) is 0.793. The lowest BCUT2D eigenvalue weighted by Crippen LogP contribution is -1.86. The van der Waals surface area contributed by atoms with Gasteiger partial charge in [0, 0.05) is 9.38 Å². The molecule has 0 unspecified atom stereocenters. The van der Waals surface area contributed by atoms with Crippen LogP contribution in [0, 0.1) is 0 Å². The van der Waals surface area contributed by atoms with Gasteiger partial charge in [0.1, 0.15) is 0 Å². The molecule has 1 heterocycles. The number of halogens is 1. The van der Waals surface area contributed by atoms with Crippen LogP contribution >= 0.6 is 27.7 Å². The van der Waals surface area contributed by atoms with Gasteiger partial charge >= 0.3 is 0 Å². The summed E-state index contributed by atoms with van der Waals surface area (Å²) in [5, 5.41) is 0. The van der Waals surface area contributed by atoms with Crippen molar-refractivity contribution in [2.45, 2.75) is 0 Å². The van der Waals surface area contributed by atoms with Gasteiger partial charge in [0.2, 0.25) is 0 Å². The standard InChI is InChI=1S/C10H7BrOS/c11-8-3-1-2-7(4-8)10-5-9(12)6-13-10/h1-5H,6H2. The van der Waals surface area contributed by atoms with Crippen LogP contribution in [-0.4, -0.2) is 11.5 Å². The Bertz CT molecular complexity index is 384. The van der Waals surface area contributed by atoms with Crippen LogP contribution in [0.3, 0.4) is 0 Å². The summed E-state index contributed by atoms with van der Waals surface area (Å²) < 4.78 is 1.05. The summed E-state index contributed by atoms with van der Waals surface area (Å²) in [6.45, 7) is 0. The van der Waals surface area contributed by atoms with Gasteiger partial charge in [0.15, 0.2) is 5.78 Å². The van der Waals surface area contributed by atoms with Gasteiger partial charge in [-0.2, -0.15) is 0 Å². The quantitative estimate of drug-likeness (QED) is 0.767. The van der Waals surface area contributed by atoms with Gasteiger partial charge in [-0.25, -0.2) is 0 Å². The van der Waals surface area contributed by atoms with Crippen molar-refractivity contribution < 1.29 is 4.79 Å². The Balaban J connectivity index is 2.36. The van der Waals surface area contributed by atoms with Gasteiger partial charge in [0.05, 0.1) is 5.75 Å². The Kier molecular flexibility index (Phi) is 2.56. The van der Waals surface area contributed by atoms with Crippen molar-refractivity contribution in [3.8, 4) is 0 Å². The summed E-state index contributed by atoms with van der Waals surface area (Å²) >= 11 is 5.01. The van der Waals surface area contributed by atoms with Crippen molar-refractivity contribution in [1.29, 1.82) is 0 Å². The summed E-state index contributed by atoms with van der Waals surface area (Å²) in [4.78, 5) is 12.1. The first kappa shape index (κ1) is 9.03. The molecule has 66 valence electrons. The largest absolute Gasteiger partial charge is 0.294 e. The average Bonchev–Trinajstić information content (AvgIpc) is 2.52. The highest BCUT2D eigenvalue weighted by Gasteiger charge is 2.13. The maximum atomic E-state index is 11.0. The number of carbonyl (C=O) groups is 1. The molecule has 1 aromatic carbocycles. The van der Waals surface area contributed by atoms with Crippen LogP contribution in [0.25, 0.3) is 4.91 Å². The Morgan fingerprint density at radius 1 is 1.38 bits per heavy atom. The van der Waals surface area contributed by atoms with Gasteiger partial charge in [0.25, 0.3) is 0 Å². The topological polar surface area (TPSA) is 17.1 Å². The highest BCUT2D eigenvalue weighted by molar-refractivity contribution is 9.10. The van der Waals surface area contributed by atoms with Gasteiger partial charge in [-0.05, 0) is 23.8 Å². The molecule has 0 saturated heterocycles. The molecule has 1 aromatic rings. The van der Waals surface area contributed by atoms with Crippen molar-refractivity contribution in [3.63, 3.8) is 0 Å². The number of rotatable bonds is 1. The Labute approximate surface area is 89.3 Å². The molecule has 0 aromatic heterocycles. The average molecular weight is 255 g/mol. The van der Waals surface area contributed by atoms with Crippen LogP contribution in [0.4, 0.5) is 0 Å². The number of benzene rings is 1. The van der Waals surface area contributed by atoms with E-state index in [1.807, 2.05) is 24.3 Å². The molecular formula is C10H7BrOS. The molecule has 0 aliphatic carbocycles. The molecule has 13 heavy (non-hydrogen) atoms. The molecule has 3 heteroatoms. The van der Waals surface area contributed by atoms with Crippen molar-refractivity contribution in [3.05, 3.63) is 40.4 Å². The van der Waals surface area contributed by atoms with E-state index >= 15 is 0 Å². The lowest BCUT2D eigenvalue weighted by molar-refractivity contribution is -0.112. The first-order valence-corrected chi connectivity index (χ1v) is 5.67. The fourth-order valence-electron chi connectivity index (χ4n) is 1.19. The van der Waals surface area contributed by atoms with E-state index in [1.54, 1.807) is 17.8 Å². The SMILES string of the molecule is O=C1C=C(c2cccc(Br)c2)SC1. The zero-order valence-corrected chi connectivity index (χ0v) is 9.19. The molecule has 0 atom stereocenters. The van der Waals surface area contributed by atoms with Crippen molar-refractivity contribution in [1.82, 2.24) is 0 Å². The Morgan fingerprint density at radius 2 is 2.23 bits per heavy atom. The van der Waals surface area contributed by atoms with Gasteiger partial charge in [-0.15, -0.1) is 11.8 Å². The first-order chi connectivity index (χ1) is 6.25. The molecular weight excluding hydrogens is 248 g/mol. The van der Waals surface area contributed by atoms with E-state index in [9.17, 15) is 4.79 Å². The smallest absolute Gasteiger partial charge is 0.167 e. The Morgan fingerprint density at radius 3 is 2.85 bits per heavy atom. The molecule has 0 N–H and O–H groups in total. The van der Waals surface area contributed by atoms with Crippen molar-refractivity contribution >= 4 is 38.4 Å². The third kappa shape index (κ3) is 2.03. The summed E-state index contributed by atoms with van der Waals surface area (Å²) in [7, 11) is 0. The van der Waals surface area contributed by atoms with Crippen molar-refractivity contribution in [2.24, 2.45) is 0 Å². The lowest BCUT2D eigenvalue weighted by atomic mass is 10.2. The molecule has 1 nitrogen and oxygen atoms in total. The number of hydrogen-bond acceptors (Lipinski definition) is 2. The summed E-state index contributed by atoms with van der Waals surface area (Å²) in [6.07, 6.45) is 1.71. The maximum Gasteiger partial charge on any atom is 0.167 e. The fourth-order valence-corrected chi connectivity index (χ4v) is 2.48. The fraction of sp³-hybridized carbons (Fsp3) is 0.100. The highest BCUT2D eigenvalue weighted by Crippen LogP contribution is 2.33. The third-order valence-corrected chi connectivity index (χ3v) is 3.36. The predicted octanol–water partition coefficient (Wildman–Crippen LogP) is 3.11. The van der Waals surface area contributed by atoms with E-state index in [2.05, 4.69) is 15.9 Å². The predicted molar refractivity (Wildman–Crippen MR) is 59.6 cm³/mol. The summed E-state index contributed by atoms with van der Waals surface area (Å²) in [6, 6.07) is 7.99. The number of thioether (sulfide) groups is 1. The van der Waals surface area contributed by atoms with E-state index in [0.29, 0.717) is 5.75 Å². The number of hydrogen-bond donors (Lipinski definition) is 0. The van der Waals surface area contributed by atoms with E-state index in [0.717, 1.165) is 14.9 Å². The second kappa shape index (κ2) is 3.68. The monoisotopic (exact) mass is 254 g/mol. The molecule has 0 spiro atoms. The van der Waals surface area contributed by atoms with Crippen LogP contribution in [0.5, 0.6) is 0 Å². The Hall–Kier alpha value is -0.540. The minimum Gasteiger partial charge on any atom is -0.294 e. The molecule has 0 radical (unpaired) electrons. The van der Waals surface area contributed by atoms with Crippen molar-refractivity contribution in [2.75, 3.05) is 5.75 Å². The second-order valence-corrected chi connectivity index (χ2v) is 4.71. The minimum atomic E-state index is 0.208.